The van der Waals surface area contributed by atoms with Crippen LogP contribution in [-0.2, 0) is 5.41 Å². The molecule has 134 valence electrons. The first kappa shape index (κ1) is 18.5. The Hall–Kier alpha value is -2.24. The van der Waals surface area contributed by atoms with Crippen LogP contribution in [-0.4, -0.2) is 10.8 Å². The minimum Gasteiger partial charge on any atom is -0.313 e. The number of thiazole rings is 1. The lowest BCUT2D eigenvalue weighted by molar-refractivity contribution is 0.106. The number of thiophene rings is 1. The van der Waals surface area contributed by atoms with Gasteiger partial charge in [0.2, 0.25) is 0 Å². The van der Waals surface area contributed by atoms with Gasteiger partial charge in [0.25, 0.3) is 5.56 Å². The number of aryl methyl sites for hydroxylation is 1. The van der Waals surface area contributed by atoms with Gasteiger partial charge in [-0.05, 0) is 36.1 Å². The van der Waals surface area contributed by atoms with E-state index < -0.39 is 0 Å². The number of aromatic amines is 1. The molecule has 0 unspecified atom stereocenters. The highest BCUT2D eigenvalue weighted by Gasteiger charge is 2.13. The molecule has 0 aliphatic heterocycles. The summed E-state index contributed by atoms with van der Waals surface area (Å²) in [5, 5.41) is 0. The summed E-state index contributed by atoms with van der Waals surface area (Å²) in [5.74, 6) is -0.110. The summed E-state index contributed by atoms with van der Waals surface area (Å²) in [5.41, 5.74) is 1.69. The maximum Gasteiger partial charge on any atom is 0.266 e. The molecule has 2 aromatic heterocycles. The highest BCUT2D eigenvalue weighted by atomic mass is 32.1. The fourth-order valence-electron chi connectivity index (χ4n) is 2.52. The van der Waals surface area contributed by atoms with Gasteiger partial charge in [0.1, 0.15) is 0 Å². The maximum atomic E-state index is 12.5. The van der Waals surface area contributed by atoms with E-state index in [9.17, 15) is 9.59 Å². The highest BCUT2D eigenvalue weighted by molar-refractivity contribution is 7.13. The Bertz CT molecular complexity index is 1110. The number of aromatic nitrogens is 1. The van der Waals surface area contributed by atoms with Crippen molar-refractivity contribution >= 4 is 40.6 Å². The lowest BCUT2D eigenvalue weighted by Crippen LogP contribution is -2.19. The van der Waals surface area contributed by atoms with Crippen LogP contribution in [0, 0.1) is 6.92 Å². The van der Waals surface area contributed by atoms with Gasteiger partial charge in [-0.1, -0.05) is 45.0 Å². The van der Waals surface area contributed by atoms with E-state index in [4.69, 9.17) is 0 Å². The fourth-order valence-corrected chi connectivity index (χ4v) is 4.29. The quantitative estimate of drug-likeness (QED) is 0.703. The number of Topliss-reactive ketones (excluding diaryl/α,β-unsaturated/α-hetero) is 1. The molecule has 3 nitrogen and oxygen atoms in total. The van der Waals surface area contributed by atoms with Gasteiger partial charge in [-0.2, -0.15) is 0 Å². The third kappa shape index (κ3) is 4.29. The van der Waals surface area contributed by atoms with Crippen molar-refractivity contribution in [3.63, 3.8) is 0 Å². The van der Waals surface area contributed by atoms with E-state index in [0.29, 0.717) is 14.8 Å². The zero-order valence-electron chi connectivity index (χ0n) is 15.3. The van der Waals surface area contributed by atoms with E-state index in [1.165, 1.54) is 27.9 Å². The standard InChI is InChI=1S/C21H21NO2S2/c1-13-5-10-16(25-13)11-18-20(24)22-19(26-18)12-17(23)14-6-8-15(9-7-14)21(2,3)4/h5-12H,1-4H3,(H,22,24)/b18-11-,19-12-. The van der Waals surface area contributed by atoms with Gasteiger partial charge in [0.15, 0.2) is 5.78 Å². The van der Waals surface area contributed by atoms with Crippen LogP contribution in [0.2, 0.25) is 0 Å². The Kier molecular flexibility index (Phi) is 5.12. The van der Waals surface area contributed by atoms with E-state index in [1.54, 1.807) is 11.3 Å². The lowest BCUT2D eigenvalue weighted by atomic mass is 9.86. The molecule has 0 radical (unpaired) electrons. The minimum absolute atomic E-state index is 0.0508. The SMILES string of the molecule is Cc1ccc(/C=c2\s/c(=C\C(=O)c3ccc(C(C)(C)C)cc3)[nH]c2=O)s1. The van der Waals surface area contributed by atoms with Gasteiger partial charge in [-0.3, -0.25) is 9.59 Å². The third-order valence-corrected chi connectivity index (χ3v) is 5.92. The van der Waals surface area contributed by atoms with Gasteiger partial charge in [-0.25, -0.2) is 0 Å². The summed E-state index contributed by atoms with van der Waals surface area (Å²) in [7, 11) is 0. The van der Waals surface area contributed by atoms with Crippen LogP contribution >= 0.6 is 22.7 Å². The smallest absolute Gasteiger partial charge is 0.266 e. The fraction of sp³-hybridized carbons (Fsp3) is 0.238. The number of rotatable bonds is 3. The normalized spacial score (nSPS) is 13.4. The minimum atomic E-state index is -0.164. The van der Waals surface area contributed by atoms with Crippen molar-refractivity contribution in [2.75, 3.05) is 0 Å². The molecule has 0 saturated heterocycles. The number of benzene rings is 1. The summed E-state index contributed by atoms with van der Waals surface area (Å²) in [6, 6.07) is 11.7. The van der Waals surface area contributed by atoms with Gasteiger partial charge in [-0.15, -0.1) is 22.7 Å². The number of H-pyrrole nitrogens is 1. The average Bonchev–Trinajstić information content (AvgIpc) is 3.13. The molecule has 0 aliphatic rings. The van der Waals surface area contributed by atoms with Crippen LogP contribution in [0.5, 0.6) is 0 Å². The molecule has 1 N–H and O–H groups in total. The summed E-state index contributed by atoms with van der Waals surface area (Å²) < 4.78 is 1.17. The number of nitrogens with one attached hydrogen (secondary N) is 1. The van der Waals surface area contributed by atoms with Crippen LogP contribution < -0.4 is 14.8 Å². The lowest BCUT2D eigenvalue weighted by Gasteiger charge is -2.18. The maximum absolute atomic E-state index is 12.5. The summed E-state index contributed by atoms with van der Waals surface area (Å²) >= 11 is 2.94. The Labute approximate surface area is 160 Å². The molecule has 0 atom stereocenters. The number of carbonyl (C=O) groups excluding carboxylic acids is 1. The van der Waals surface area contributed by atoms with Crippen LogP contribution in [0.4, 0.5) is 0 Å². The van der Waals surface area contributed by atoms with Crippen molar-refractivity contribution in [1.82, 2.24) is 4.98 Å². The third-order valence-electron chi connectivity index (χ3n) is 4.01. The van der Waals surface area contributed by atoms with Crippen LogP contribution in [0.1, 0.15) is 46.4 Å². The van der Waals surface area contributed by atoms with E-state index >= 15 is 0 Å². The first-order valence-electron chi connectivity index (χ1n) is 8.36. The monoisotopic (exact) mass is 383 g/mol. The number of hydrogen-bond donors (Lipinski definition) is 1. The molecule has 0 spiro atoms. The van der Waals surface area contributed by atoms with Gasteiger partial charge in [0.05, 0.1) is 9.20 Å². The summed E-state index contributed by atoms with van der Waals surface area (Å²) in [6.45, 7) is 8.45. The molecule has 0 fully saturated rings. The molecular weight excluding hydrogens is 362 g/mol. The zero-order chi connectivity index (χ0) is 18.9. The van der Waals surface area contributed by atoms with E-state index in [0.717, 1.165) is 4.88 Å². The second-order valence-corrected chi connectivity index (χ2v) is 9.62. The Morgan fingerprint density at radius 2 is 1.73 bits per heavy atom. The van der Waals surface area contributed by atoms with Crippen molar-refractivity contribution in [2.24, 2.45) is 0 Å². The molecule has 1 aromatic carbocycles. The average molecular weight is 384 g/mol. The molecule has 3 aromatic rings. The largest absolute Gasteiger partial charge is 0.313 e. The molecule has 2 heterocycles. The number of carbonyl (C=O) groups is 1. The van der Waals surface area contributed by atoms with Crippen molar-refractivity contribution < 1.29 is 4.79 Å². The Morgan fingerprint density at radius 1 is 1.04 bits per heavy atom. The summed E-state index contributed by atoms with van der Waals surface area (Å²) in [6.07, 6.45) is 3.36. The van der Waals surface area contributed by atoms with Crippen molar-refractivity contribution in [2.45, 2.75) is 33.1 Å². The molecule has 0 bridgehead atoms. The van der Waals surface area contributed by atoms with Gasteiger partial charge < -0.3 is 4.98 Å². The molecule has 26 heavy (non-hydrogen) atoms. The van der Waals surface area contributed by atoms with Crippen LogP contribution in [0.25, 0.3) is 12.2 Å². The molecule has 0 saturated carbocycles. The van der Waals surface area contributed by atoms with Crippen LogP contribution in [0.15, 0.2) is 41.2 Å². The van der Waals surface area contributed by atoms with Gasteiger partial charge in [0, 0.05) is 21.4 Å². The first-order valence-corrected chi connectivity index (χ1v) is 9.99. The number of hydrogen-bond acceptors (Lipinski definition) is 4. The first-order chi connectivity index (χ1) is 12.2. The Balaban J connectivity index is 1.91. The van der Waals surface area contributed by atoms with E-state index in [1.807, 2.05) is 49.4 Å². The van der Waals surface area contributed by atoms with Crippen molar-refractivity contribution in [1.29, 1.82) is 0 Å². The summed E-state index contributed by atoms with van der Waals surface area (Å²) in [4.78, 5) is 29.6. The second kappa shape index (κ2) is 7.17. The highest BCUT2D eigenvalue weighted by Crippen LogP contribution is 2.22. The van der Waals surface area contributed by atoms with Crippen molar-refractivity contribution in [3.8, 4) is 0 Å². The van der Waals surface area contributed by atoms with Crippen LogP contribution in [0.3, 0.4) is 0 Å². The van der Waals surface area contributed by atoms with E-state index in [-0.39, 0.29) is 16.8 Å². The molecule has 0 aliphatic carbocycles. The topological polar surface area (TPSA) is 49.9 Å². The molecule has 0 amide bonds. The predicted molar refractivity (Wildman–Crippen MR) is 111 cm³/mol. The molecular formula is C21H21NO2S2. The molecule has 5 heteroatoms. The molecule has 3 rings (SSSR count). The number of ketones is 1. The van der Waals surface area contributed by atoms with Gasteiger partial charge >= 0.3 is 0 Å². The van der Waals surface area contributed by atoms with Crippen molar-refractivity contribution in [3.05, 3.63) is 76.8 Å². The second-order valence-electron chi connectivity index (χ2n) is 7.21. The van der Waals surface area contributed by atoms with E-state index in [2.05, 4.69) is 25.8 Å². The Morgan fingerprint density at radius 3 is 2.31 bits per heavy atom. The zero-order valence-corrected chi connectivity index (χ0v) is 16.9. The predicted octanol–water partition coefficient (Wildman–Crippen LogP) is 3.60.